The van der Waals surface area contributed by atoms with Gasteiger partial charge in [-0.05, 0) is 24.6 Å². The van der Waals surface area contributed by atoms with Gasteiger partial charge in [-0.15, -0.1) is 0 Å². The predicted octanol–water partition coefficient (Wildman–Crippen LogP) is 1.14. The number of nitrogens with zero attached hydrogens (tertiary/aromatic N) is 1. The number of hydrogen-bond donors (Lipinski definition) is 1. The van der Waals surface area contributed by atoms with Crippen molar-refractivity contribution in [2.24, 2.45) is 5.92 Å². The van der Waals surface area contributed by atoms with Crippen molar-refractivity contribution in [1.29, 1.82) is 0 Å². The lowest BCUT2D eigenvalue weighted by atomic mass is 10.1. The third-order valence-electron chi connectivity index (χ3n) is 3.23. The SMILES string of the molecule is CS(=O)(=O)c1ccc(N2CC[C@H](C(=O)O)C2)c(F)c1. The highest BCUT2D eigenvalue weighted by Gasteiger charge is 2.29. The van der Waals surface area contributed by atoms with Crippen LogP contribution in [0.5, 0.6) is 0 Å². The van der Waals surface area contributed by atoms with Crippen molar-refractivity contribution in [2.75, 3.05) is 24.2 Å². The number of carboxylic acid groups (broad SMARTS) is 1. The Bertz CT molecular complexity index is 614. The molecule has 1 saturated heterocycles. The molecular weight excluding hydrogens is 273 g/mol. The van der Waals surface area contributed by atoms with Crippen LogP contribution in [0.3, 0.4) is 0 Å². The van der Waals surface area contributed by atoms with Crippen LogP contribution in [0.2, 0.25) is 0 Å². The number of carbonyl (C=O) groups is 1. The second-order valence-electron chi connectivity index (χ2n) is 4.66. The average molecular weight is 287 g/mol. The predicted molar refractivity (Wildman–Crippen MR) is 67.5 cm³/mol. The number of rotatable bonds is 3. The summed E-state index contributed by atoms with van der Waals surface area (Å²) in [5.41, 5.74) is 0.246. The Kier molecular flexibility index (Phi) is 3.49. The average Bonchev–Trinajstić information content (AvgIpc) is 2.76. The van der Waals surface area contributed by atoms with Crippen LogP contribution in [0.4, 0.5) is 10.1 Å². The monoisotopic (exact) mass is 287 g/mol. The molecule has 0 radical (unpaired) electrons. The van der Waals surface area contributed by atoms with Crippen molar-refractivity contribution < 1.29 is 22.7 Å². The number of carboxylic acids is 1. The van der Waals surface area contributed by atoms with E-state index in [2.05, 4.69) is 0 Å². The van der Waals surface area contributed by atoms with Crippen molar-refractivity contribution in [1.82, 2.24) is 0 Å². The molecule has 0 unspecified atom stereocenters. The highest BCUT2D eigenvalue weighted by atomic mass is 32.2. The Morgan fingerprint density at radius 1 is 1.47 bits per heavy atom. The van der Waals surface area contributed by atoms with Gasteiger partial charge in [-0.2, -0.15) is 0 Å². The zero-order chi connectivity index (χ0) is 14.2. The summed E-state index contributed by atoms with van der Waals surface area (Å²) in [5.74, 6) is -2.04. The van der Waals surface area contributed by atoms with E-state index >= 15 is 0 Å². The zero-order valence-electron chi connectivity index (χ0n) is 10.3. The fourth-order valence-electron chi connectivity index (χ4n) is 2.16. The van der Waals surface area contributed by atoms with E-state index in [0.717, 1.165) is 12.3 Å². The maximum absolute atomic E-state index is 13.9. The first kappa shape index (κ1) is 13.8. The number of anilines is 1. The first-order valence-corrected chi connectivity index (χ1v) is 7.65. The first-order chi connectivity index (χ1) is 8.79. The van der Waals surface area contributed by atoms with Crippen LogP contribution in [0.1, 0.15) is 6.42 Å². The molecule has 0 spiro atoms. The molecule has 1 aromatic rings. The summed E-state index contributed by atoms with van der Waals surface area (Å²) in [6.45, 7) is 0.691. The van der Waals surface area contributed by atoms with Crippen LogP contribution in [0.25, 0.3) is 0 Å². The van der Waals surface area contributed by atoms with E-state index in [4.69, 9.17) is 5.11 Å². The smallest absolute Gasteiger partial charge is 0.308 e. The number of benzene rings is 1. The van der Waals surface area contributed by atoms with Crippen molar-refractivity contribution in [3.8, 4) is 0 Å². The first-order valence-electron chi connectivity index (χ1n) is 5.76. The van der Waals surface area contributed by atoms with Gasteiger partial charge in [-0.25, -0.2) is 12.8 Å². The Balaban J connectivity index is 2.26. The minimum absolute atomic E-state index is 0.0808. The molecule has 0 saturated carbocycles. The molecule has 1 aliphatic heterocycles. The van der Waals surface area contributed by atoms with Gasteiger partial charge in [0.15, 0.2) is 9.84 Å². The van der Waals surface area contributed by atoms with E-state index in [0.29, 0.717) is 13.0 Å². The molecule has 1 N–H and O–H groups in total. The van der Waals surface area contributed by atoms with Crippen LogP contribution in [-0.4, -0.2) is 38.8 Å². The molecule has 1 fully saturated rings. The Labute approximate surface area is 110 Å². The molecule has 5 nitrogen and oxygen atoms in total. The summed E-state index contributed by atoms with van der Waals surface area (Å²) in [5, 5.41) is 8.90. The largest absolute Gasteiger partial charge is 0.481 e. The van der Waals surface area contributed by atoms with Gasteiger partial charge in [-0.3, -0.25) is 4.79 Å². The fourth-order valence-corrected chi connectivity index (χ4v) is 2.79. The maximum Gasteiger partial charge on any atom is 0.308 e. The van der Waals surface area contributed by atoms with E-state index in [1.807, 2.05) is 0 Å². The van der Waals surface area contributed by atoms with E-state index in [1.165, 1.54) is 12.1 Å². The third-order valence-corrected chi connectivity index (χ3v) is 4.34. The molecular formula is C12H14FNO4S. The fraction of sp³-hybridized carbons (Fsp3) is 0.417. The number of aliphatic carboxylic acids is 1. The minimum Gasteiger partial charge on any atom is -0.481 e. The highest BCUT2D eigenvalue weighted by molar-refractivity contribution is 7.90. The standard InChI is InChI=1S/C12H14FNO4S/c1-19(17,18)9-2-3-11(10(13)6-9)14-5-4-8(7-14)12(15)16/h2-3,6,8H,4-5,7H2,1H3,(H,15,16)/t8-/m0/s1. The normalized spacial score (nSPS) is 19.7. The number of hydrogen-bond acceptors (Lipinski definition) is 4. The molecule has 0 bridgehead atoms. The van der Waals surface area contributed by atoms with Gasteiger partial charge in [0.2, 0.25) is 0 Å². The van der Waals surface area contributed by atoms with Crippen molar-refractivity contribution >= 4 is 21.5 Å². The summed E-state index contributed by atoms with van der Waals surface area (Å²) in [7, 11) is -3.44. The van der Waals surface area contributed by atoms with Gasteiger partial charge >= 0.3 is 5.97 Å². The molecule has 2 rings (SSSR count). The van der Waals surface area contributed by atoms with Gasteiger partial charge in [-0.1, -0.05) is 0 Å². The van der Waals surface area contributed by atoms with Crippen molar-refractivity contribution in [3.05, 3.63) is 24.0 Å². The van der Waals surface area contributed by atoms with Crippen LogP contribution in [0, 0.1) is 11.7 Å². The molecule has 0 amide bonds. The van der Waals surface area contributed by atoms with Gasteiger partial charge in [0, 0.05) is 19.3 Å². The lowest BCUT2D eigenvalue weighted by Crippen LogP contribution is -2.23. The molecule has 7 heteroatoms. The van der Waals surface area contributed by atoms with E-state index in [1.54, 1.807) is 4.90 Å². The van der Waals surface area contributed by atoms with Crippen molar-refractivity contribution in [2.45, 2.75) is 11.3 Å². The summed E-state index contributed by atoms with van der Waals surface area (Å²) >= 11 is 0. The summed E-state index contributed by atoms with van der Waals surface area (Å²) in [6.07, 6.45) is 1.47. The van der Waals surface area contributed by atoms with E-state index in [9.17, 15) is 17.6 Å². The van der Waals surface area contributed by atoms with Crippen LogP contribution in [-0.2, 0) is 14.6 Å². The quantitative estimate of drug-likeness (QED) is 0.902. The third kappa shape index (κ3) is 2.86. The molecule has 19 heavy (non-hydrogen) atoms. The van der Waals surface area contributed by atoms with Gasteiger partial charge < -0.3 is 10.0 Å². The lowest BCUT2D eigenvalue weighted by Gasteiger charge is -2.19. The molecule has 1 aliphatic rings. The van der Waals surface area contributed by atoms with Crippen LogP contribution in [0.15, 0.2) is 23.1 Å². The van der Waals surface area contributed by atoms with Gasteiger partial charge in [0.1, 0.15) is 5.82 Å². The second-order valence-corrected chi connectivity index (χ2v) is 6.67. The number of sulfone groups is 1. The van der Waals surface area contributed by atoms with Crippen LogP contribution >= 0.6 is 0 Å². The van der Waals surface area contributed by atoms with Crippen LogP contribution < -0.4 is 4.90 Å². The maximum atomic E-state index is 13.9. The lowest BCUT2D eigenvalue weighted by molar-refractivity contribution is -0.140. The summed E-state index contributed by atoms with van der Waals surface area (Å²) in [4.78, 5) is 12.4. The van der Waals surface area contributed by atoms with Gasteiger partial charge in [0.25, 0.3) is 0 Å². The Morgan fingerprint density at radius 3 is 2.63 bits per heavy atom. The minimum atomic E-state index is -3.44. The number of halogens is 1. The molecule has 104 valence electrons. The molecule has 1 aromatic carbocycles. The molecule has 1 atom stereocenters. The van der Waals surface area contributed by atoms with E-state index < -0.39 is 27.5 Å². The molecule has 1 heterocycles. The highest BCUT2D eigenvalue weighted by Crippen LogP contribution is 2.28. The summed E-state index contributed by atoms with van der Waals surface area (Å²) in [6, 6.07) is 3.69. The Morgan fingerprint density at radius 2 is 2.16 bits per heavy atom. The Hall–Kier alpha value is -1.63. The molecule has 0 aliphatic carbocycles. The van der Waals surface area contributed by atoms with E-state index in [-0.39, 0.29) is 17.1 Å². The summed E-state index contributed by atoms with van der Waals surface area (Å²) < 4.78 is 36.5. The van der Waals surface area contributed by atoms with Crippen molar-refractivity contribution in [3.63, 3.8) is 0 Å². The zero-order valence-corrected chi connectivity index (χ0v) is 11.2. The van der Waals surface area contributed by atoms with Gasteiger partial charge in [0.05, 0.1) is 16.5 Å². The molecule has 0 aromatic heterocycles. The second kappa shape index (κ2) is 4.80. The topological polar surface area (TPSA) is 74.7 Å².